The zero-order chi connectivity index (χ0) is 45.5. The van der Waals surface area contributed by atoms with Gasteiger partial charge in [-0.3, -0.25) is 4.79 Å². The molecule has 0 aliphatic rings. The first kappa shape index (κ1) is 46.4. The molecule has 0 atom stereocenters. The predicted octanol–water partition coefficient (Wildman–Crippen LogP) is 7.69. The summed E-state index contributed by atoms with van der Waals surface area (Å²) in [5.74, 6) is -1.23. The molecule has 0 spiro atoms. The molecule has 0 bridgehead atoms. The van der Waals surface area contributed by atoms with E-state index in [9.17, 15) is 29.7 Å². The van der Waals surface area contributed by atoms with E-state index in [2.05, 4.69) is 51.0 Å². The summed E-state index contributed by atoms with van der Waals surface area (Å²) >= 11 is 5.40. The van der Waals surface area contributed by atoms with Gasteiger partial charge < -0.3 is 36.3 Å². The van der Waals surface area contributed by atoms with Crippen molar-refractivity contribution >= 4 is 105 Å². The molecule has 0 amide bonds. The number of hydrogen-bond donors (Lipinski definition) is 5. The third-order valence-corrected chi connectivity index (χ3v) is 12.1. The van der Waals surface area contributed by atoms with Gasteiger partial charge in [0, 0.05) is 34.5 Å². The zero-order valence-corrected chi connectivity index (χ0v) is 37.0. The third-order valence-electron chi connectivity index (χ3n) is 7.97. The molecule has 0 aliphatic carbocycles. The van der Waals surface area contributed by atoms with Gasteiger partial charge in [-0.15, -0.1) is 40.9 Å². The van der Waals surface area contributed by atoms with E-state index in [1.54, 1.807) is 0 Å². The molecule has 0 aliphatic heterocycles. The van der Waals surface area contributed by atoms with Gasteiger partial charge in [-0.25, -0.2) is 19.0 Å². The SMILES string of the molecule is C=O.CC(C)(C)c1nn(-c2cc(O)cc(C(=O)O)c2)c(N)c1N=Nc1nnc(SCCSc2nnc(N=Nc3c(C(C)(C)C)nn(-c4cc(OC=O)cc(C(=O)O)c4)c3N)s2)s1. The number of ether oxygens (including phenoxy) is 1. The maximum absolute atomic E-state index is 11.7. The van der Waals surface area contributed by atoms with Gasteiger partial charge in [-0.05, 0) is 24.3 Å². The van der Waals surface area contributed by atoms with E-state index < -0.39 is 22.8 Å². The van der Waals surface area contributed by atoms with Gasteiger partial charge in [-0.1, -0.05) is 87.7 Å². The van der Waals surface area contributed by atoms with Crippen molar-refractivity contribution in [3.8, 4) is 22.9 Å². The van der Waals surface area contributed by atoms with Crippen LogP contribution in [0.2, 0.25) is 0 Å². The van der Waals surface area contributed by atoms with Crippen LogP contribution in [0.1, 0.15) is 73.6 Å². The topological polar surface area (TPSA) is 327 Å². The number of phenolic OH excluding ortho intramolecular Hbond substituents is 1. The van der Waals surface area contributed by atoms with Crippen LogP contribution in [0.25, 0.3) is 11.4 Å². The van der Waals surface area contributed by atoms with Gasteiger partial charge in [0.2, 0.25) is 0 Å². The van der Waals surface area contributed by atoms with Crippen molar-refractivity contribution in [2.45, 2.75) is 61.1 Å². The minimum Gasteiger partial charge on any atom is -0.508 e. The van der Waals surface area contributed by atoms with Crippen LogP contribution >= 0.6 is 46.2 Å². The predicted molar refractivity (Wildman–Crippen MR) is 232 cm³/mol. The molecular formula is C36H38N14O8S4. The molecule has 324 valence electrons. The summed E-state index contributed by atoms with van der Waals surface area (Å²) in [6.07, 6.45) is 0. The lowest BCUT2D eigenvalue weighted by atomic mass is 9.91. The smallest absolute Gasteiger partial charge is 0.335 e. The third kappa shape index (κ3) is 11.0. The van der Waals surface area contributed by atoms with Crippen LogP contribution in [0, 0.1) is 0 Å². The second-order valence-electron chi connectivity index (χ2n) is 14.6. The largest absolute Gasteiger partial charge is 0.508 e. The highest BCUT2D eigenvalue weighted by molar-refractivity contribution is 8.04. The van der Waals surface area contributed by atoms with E-state index in [-0.39, 0.29) is 73.7 Å². The summed E-state index contributed by atoms with van der Waals surface area (Å²) < 4.78 is 8.85. The summed E-state index contributed by atoms with van der Waals surface area (Å²) in [5, 5.41) is 72.9. The van der Waals surface area contributed by atoms with Gasteiger partial charge in [0.1, 0.15) is 18.3 Å². The Morgan fingerprint density at radius 2 is 1.16 bits per heavy atom. The van der Waals surface area contributed by atoms with E-state index in [4.69, 9.17) is 21.0 Å². The summed E-state index contributed by atoms with van der Waals surface area (Å²) in [6, 6.07) is 7.81. The molecule has 0 radical (unpaired) electrons. The fourth-order valence-corrected chi connectivity index (χ4v) is 8.72. The minimum atomic E-state index is -1.23. The van der Waals surface area contributed by atoms with Crippen molar-refractivity contribution in [1.29, 1.82) is 0 Å². The van der Waals surface area contributed by atoms with Crippen LogP contribution < -0.4 is 16.2 Å². The van der Waals surface area contributed by atoms with E-state index in [0.717, 1.165) is 6.07 Å². The standard InChI is InChI=1S/C35H36N14O7S4.CH2O/c1-34(2,3)24-22(26(36)48(46-24)18-9-16(28(52)53)11-20(51)13-18)38-40-30-42-44-32(59-30)57-7-8-58-33-45-43-31(60-33)41-39-23-25(35(4,5)6)47-49(27(23)37)19-10-17(29(54)55)12-21(14-19)56-15-50;1-2/h9-15,51H,7-8,36-37H2,1-6H3,(H,52,53)(H,54,55);1H2. The van der Waals surface area contributed by atoms with Crippen LogP contribution in [0.4, 0.5) is 33.3 Å². The van der Waals surface area contributed by atoms with E-state index >= 15 is 0 Å². The Morgan fingerprint density at radius 3 is 1.58 bits per heavy atom. The Kier molecular flexibility index (Phi) is 14.5. The Balaban J connectivity index is 0.00000358. The number of carboxylic acids is 2. The van der Waals surface area contributed by atoms with Gasteiger partial charge in [-0.2, -0.15) is 10.2 Å². The molecule has 6 aromatic rings. The van der Waals surface area contributed by atoms with Crippen LogP contribution in [-0.4, -0.2) is 92.0 Å². The monoisotopic (exact) mass is 922 g/mol. The molecule has 0 fully saturated rings. The molecule has 4 heterocycles. The fourth-order valence-electron chi connectivity index (χ4n) is 5.29. The summed E-state index contributed by atoms with van der Waals surface area (Å²) in [5.41, 5.74) is 13.6. The maximum Gasteiger partial charge on any atom is 0.335 e. The number of rotatable bonds is 15. The molecule has 6 rings (SSSR count). The minimum absolute atomic E-state index is 0.00107. The molecule has 26 heteroatoms. The molecule has 2 aromatic carbocycles. The van der Waals surface area contributed by atoms with Crippen LogP contribution in [-0.2, 0) is 20.4 Å². The quantitative estimate of drug-likeness (QED) is 0.0285. The number of aromatic nitrogens is 8. The number of carbonyl (C=O) groups is 4. The number of azo groups is 2. The van der Waals surface area contributed by atoms with Crippen molar-refractivity contribution in [3.63, 3.8) is 0 Å². The van der Waals surface area contributed by atoms with Crippen molar-refractivity contribution in [1.82, 2.24) is 40.0 Å². The Morgan fingerprint density at radius 1 is 0.726 bits per heavy atom. The number of nitrogens with zero attached hydrogens (tertiary/aromatic N) is 12. The molecule has 0 saturated carbocycles. The molecule has 0 saturated heterocycles. The summed E-state index contributed by atoms with van der Waals surface area (Å²) in [6.45, 7) is 13.7. The van der Waals surface area contributed by atoms with Crippen molar-refractivity contribution in [3.05, 3.63) is 58.9 Å². The van der Waals surface area contributed by atoms with E-state index in [0.29, 0.717) is 31.6 Å². The molecule has 22 nitrogen and oxygen atoms in total. The van der Waals surface area contributed by atoms with Gasteiger partial charge in [0.25, 0.3) is 16.7 Å². The number of anilines is 2. The van der Waals surface area contributed by atoms with Crippen molar-refractivity contribution < 1.29 is 39.2 Å². The molecule has 62 heavy (non-hydrogen) atoms. The second-order valence-corrected chi connectivity index (χ2v) is 19.2. The number of carboxylic acid groups (broad SMARTS) is 2. The maximum atomic E-state index is 11.7. The number of nitrogen functional groups attached to an aromatic ring is 2. The average Bonchev–Trinajstić information content (AvgIpc) is 4.01. The van der Waals surface area contributed by atoms with Gasteiger partial charge >= 0.3 is 11.9 Å². The van der Waals surface area contributed by atoms with Crippen LogP contribution in [0.5, 0.6) is 11.5 Å². The first-order chi connectivity index (χ1) is 29.3. The number of aromatic carboxylic acids is 2. The van der Waals surface area contributed by atoms with Crippen LogP contribution in [0.15, 0.2) is 65.5 Å². The highest BCUT2D eigenvalue weighted by Gasteiger charge is 2.29. The Bertz CT molecular complexity index is 2680. The number of aromatic hydroxyl groups is 1. The number of thioether (sulfide) groups is 2. The van der Waals surface area contributed by atoms with Gasteiger partial charge in [0.15, 0.2) is 31.7 Å². The first-order valence-corrected chi connectivity index (χ1v) is 21.3. The first-order valence-electron chi connectivity index (χ1n) is 17.7. The number of benzene rings is 2. The zero-order valence-electron chi connectivity index (χ0n) is 33.7. The highest BCUT2D eigenvalue weighted by Crippen LogP contribution is 2.41. The number of hydrogen-bond acceptors (Lipinski definition) is 22. The molecule has 7 N–H and O–H groups in total. The lowest BCUT2D eigenvalue weighted by Gasteiger charge is -2.15. The highest BCUT2D eigenvalue weighted by atomic mass is 32.2. The van der Waals surface area contributed by atoms with Gasteiger partial charge in [0.05, 0.1) is 33.9 Å². The lowest BCUT2D eigenvalue weighted by Crippen LogP contribution is -2.13. The number of phenols is 1. The molecule has 4 aromatic heterocycles. The van der Waals surface area contributed by atoms with Crippen molar-refractivity contribution in [2.24, 2.45) is 20.5 Å². The summed E-state index contributed by atoms with van der Waals surface area (Å²) in [7, 11) is 0. The number of nitrogens with two attached hydrogens (primary N) is 2. The van der Waals surface area contributed by atoms with Crippen LogP contribution in [0.3, 0.4) is 0 Å². The summed E-state index contributed by atoms with van der Waals surface area (Å²) in [4.78, 5) is 42.3. The normalized spacial score (nSPS) is 11.8. The number of carbonyl (C=O) groups excluding carboxylic acids is 2. The molecular weight excluding hydrogens is 885 g/mol. The van der Waals surface area contributed by atoms with Crippen molar-refractivity contribution in [2.75, 3.05) is 23.0 Å². The lowest BCUT2D eigenvalue weighted by molar-refractivity contribution is -0.120. The average molecular weight is 923 g/mol. The van der Waals surface area contributed by atoms with E-state index in [1.807, 2.05) is 48.3 Å². The Labute approximate surface area is 368 Å². The molecule has 0 unspecified atom stereocenters. The fraction of sp³-hybridized carbons (Fsp3) is 0.278. The van der Waals surface area contributed by atoms with E-state index in [1.165, 1.54) is 85.9 Å². The second kappa shape index (κ2) is 19.4. The Hall–Kier alpha value is -6.64.